The van der Waals surface area contributed by atoms with E-state index in [4.69, 9.17) is 0 Å². The first kappa shape index (κ1) is 15.1. The van der Waals surface area contributed by atoms with Gasteiger partial charge in [-0.25, -0.2) is 0 Å². The van der Waals surface area contributed by atoms with Crippen molar-refractivity contribution >= 4 is 41.1 Å². The Kier molecular flexibility index (Phi) is 14.6. The van der Waals surface area contributed by atoms with Crippen LogP contribution >= 0.6 is 12.6 Å². The quantitative estimate of drug-likeness (QED) is 0.612. The fourth-order valence-corrected chi connectivity index (χ4v) is 1.41. The molecule has 12 heavy (non-hydrogen) atoms. The molecule has 2 nitrogen and oxygen atoms in total. The molecule has 0 rings (SSSR count). The van der Waals surface area contributed by atoms with E-state index < -0.39 is 11.9 Å². The van der Waals surface area contributed by atoms with Gasteiger partial charge in [0.1, 0.15) is 0 Å². The average molecular weight is 295 g/mol. The topological polar surface area (TPSA) is 40.1 Å². The van der Waals surface area contributed by atoms with Crippen LogP contribution in [-0.4, -0.2) is 34.2 Å². The second-order valence-electron chi connectivity index (χ2n) is 2.51. The van der Waals surface area contributed by atoms with Gasteiger partial charge in [0, 0.05) is 11.9 Å². The molecule has 0 aliphatic heterocycles. The third-order valence-electron chi connectivity index (χ3n) is 1.21. The third-order valence-corrected chi connectivity index (χ3v) is 2.76. The van der Waals surface area contributed by atoms with Crippen LogP contribution in [0.4, 0.5) is 0 Å². The number of hydrogen-bond donors (Lipinski definition) is 1. The molecule has 1 unspecified atom stereocenters. The van der Waals surface area contributed by atoms with Gasteiger partial charge >= 0.3 is 46.7 Å². The fraction of sp³-hybridized carbons (Fsp3) is 0.875. The van der Waals surface area contributed by atoms with E-state index in [1.54, 1.807) is 29.4 Å². The van der Waals surface area contributed by atoms with Crippen molar-refractivity contribution < 1.29 is 9.90 Å². The molecule has 0 amide bonds. The van der Waals surface area contributed by atoms with Gasteiger partial charge in [-0.15, -0.1) is 0 Å². The average Bonchev–Trinajstić information content (AvgIpc) is 2.05. The Morgan fingerprint density at radius 2 is 2.17 bits per heavy atom. The number of hydrogen-bond acceptors (Lipinski definition) is 3. The Bertz CT molecular complexity index is 107. The van der Waals surface area contributed by atoms with Crippen LogP contribution < -0.4 is 5.11 Å². The van der Waals surface area contributed by atoms with Crippen LogP contribution in [-0.2, 0) is 4.79 Å². The van der Waals surface area contributed by atoms with E-state index in [0.29, 0.717) is 5.75 Å². The molecular weight excluding hydrogens is 279 g/mol. The van der Waals surface area contributed by atoms with E-state index in [9.17, 15) is 9.90 Å². The summed E-state index contributed by atoms with van der Waals surface area (Å²) < 4.78 is 1.43. The number of carboxylic acid groups (broad SMARTS) is 1. The number of carboxylic acids is 1. The Labute approximate surface area is 93.6 Å². The zero-order valence-electron chi connectivity index (χ0n) is 7.67. The van der Waals surface area contributed by atoms with Gasteiger partial charge in [-0.1, -0.05) is 6.92 Å². The van der Waals surface area contributed by atoms with E-state index in [1.807, 2.05) is 0 Å². The Hall–Kier alpha value is 0.619. The summed E-state index contributed by atoms with van der Waals surface area (Å²) in [5, 5.41) is 9.77. The minimum atomic E-state index is -1.03. The number of aliphatic carboxylic acids is 1. The monoisotopic (exact) mass is 296 g/mol. The summed E-state index contributed by atoms with van der Waals surface area (Å²) in [7, 11) is 0. The summed E-state index contributed by atoms with van der Waals surface area (Å²) >= 11 is 5.42. The third kappa shape index (κ3) is 13.2. The minimum absolute atomic E-state index is 0.350. The van der Waals surface area contributed by atoms with Crippen LogP contribution in [0.25, 0.3) is 0 Å². The van der Waals surface area contributed by atoms with Crippen LogP contribution in [0.5, 0.6) is 0 Å². The van der Waals surface area contributed by atoms with E-state index in [1.165, 1.54) is 17.3 Å². The molecule has 2 radical (unpaired) electrons. The molecule has 70 valence electrons. The SMILES string of the molecule is CC(CS)C(=O)[O-].CCC[CH2][Sn+]. The summed E-state index contributed by atoms with van der Waals surface area (Å²) in [5.74, 6) is -1.11. The molecule has 0 aromatic heterocycles. The predicted molar refractivity (Wildman–Crippen MR) is 53.5 cm³/mol. The van der Waals surface area contributed by atoms with Gasteiger partial charge in [0.2, 0.25) is 0 Å². The molecule has 0 heterocycles. The number of thiol groups is 1. The van der Waals surface area contributed by atoms with Gasteiger partial charge in [0.05, 0.1) is 0 Å². The summed E-state index contributed by atoms with van der Waals surface area (Å²) in [6, 6.07) is 0. The first-order chi connectivity index (χ1) is 5.59. The van der Waals surface area contributed by atoms with E-state index >= 15 is 0 Å². The van der Waals surface area contributed by atoms with Crippen molar-refractivity contribution in [3.8, 4) is 0 Å². The molecule has 0 bridgehead atoms. The summed E-state index contributed by atoms with van der Waals surface area (Å²) in [5.41, 5.74) is 0. The van der Waals surface area contributed by atoms with Gasteiger partial charge in [-0.05, 0) is 5.75 Å². The van der Waals surface area contributed by atoms with Crippen molar-refractivity contribution in [1.29, 1.82) is 0 Å². The van der Waals surface area contributed by atoms with Crippen LogP contribution in [0.2, 0.25) is 4.44 Å². The first-order valence-corrected chi connectivity index (χ1v) is 6.71. The summed E-state index contributed by atoms with van der Waals surface area (Å²) in [4.78, 5) is 9.77. The molecule has 0 aromatic carbocycles. The second-order valence-corrected chi connectivity index (χ2v) is 4.30. The Morgan fingerprint density at radius 1 is 1.67 bits per heavy atom. The molecule has 0 fully saturated rings. The number of unbranched alkanes of at least 4 members (excludes halogenated alkanes) is 1. The first-order valence-electron chi connectivity index (χ1n) is 4.06. The maximum absolute atomic E-state index is 9.77. The number of rotatable bonds is 4. The Morgan fingerprint density at radius 3 is 2.17 bits per heavy atom. The van der Waals surface area contributed by atoms with Crippen molar-refractivity contribution in [3.63, 3.8) is 0 Å². The van der Waals surface area contributed by atoms with Gasteiger partial charge in [-0.3, -0.25) is 0 Å². The number of carbonyl (C=O) groups is 1. The van der Waals surface area contributed by atoms with Crippen LogP contribution in [0.15, 0.2) is 0 Å². The molecule has 1 atom stereocenters. The molecule has 0 spiro atoms. The summed E-state index contributed by atoms with van der Waals surface area (Å²) in [6.07, 6.45) is 2.80. The molecular formula is C8H16O2SSn. The normalized spacial score (nSPS) is 11.2. The van der Waals surface area contributed by atoms with Gasteiger partial charge in [0.15, 0.2) is 0 Å². The molecule has 0 N–H and O–H groups in total. The van der Waals surface area contributed by atoms with Crippen LogP contribution in [0, 0.1) is 5.92 Å². The van der Waals surface area contributed by atoms with Crippen molar-refractivity contribution in [2.24, 2.45) is 5.92 Å². The van der Waals surface area contributed by atoms with E-state index in [-0.39, 0.29) is 0 Å². The molecule has 0 aliphatic carbocycles. The zero-order valence-corrected chi connectivity index (χ0v) is 11.4. The Balaban J connectivity index is 0. The van der Waals surface area contributed by atoms with Crippen LogP contribution in [0.3, 0.4) is 0 Å². The van der Waals surface area contributed by atoms with Crippen molar-refractivity contribution in [3.05, 3.63) is 0 Å². The number of carbonyl (C=O) groups excluding carboxylic acids is 1. The van der Waals surface area contributed by atoms with Crippen molar-refractivity contribution in [2.45, 2.75) is 31.1 Å². The van der Waals surface area contributed by atoms with E-state index in [2.05, 4.69) is 19.6 Å². The van der Waals surface area contributed by atoms with Crippen molar-refractivity contribution in [1.82, 2.24) is 0 Å². The van der Waals surface area contributed by atoms with Gasteiger partial charge < -0.3 is 9.90 Å². The molecule has 0 saturated heterocycles. The molecule has 0 aromatic rings. The fourth-order valence-electron chi connectivity index (χ4n) is 0.251. The van der Waals surface area contributed by atoms with E-state index in [0.717, 1.165) is 0 Å². The zero-order chi connectivity index (χ0) is 9.98. The predicted octanol–water partition coefficient (Wildman–Crippen LogP) is 0.675. The summed E-state index contributed by atoms with van der Waals surface area (Å²) in [6.45, 7) is 3.78. The molecule has 0 aliphatic rings. The standard InChI is InChI=1S/C4H8O2S.C4H9.Sn/c1-3(2-7)4(5)6;1-3-4-2;/h3,7H,2H2,1H3,(H,5,6);1,3-4H2,2H3;/q;;+1/p-1. The van der Waals surface area contributed by atoms with Crippen LogP contribution in [0.1, 0.15) is 26.7 Å². The maximum atomic E-state index is 9.77. The molecule has 0 saturated carbocycles. The van der Waals surface area contributed by atoms with Crippen molar-refractivity contribution in [2.75, 3.05) is 5.75 Å². The molecule has 4 heteroatoms. The van der Waals surface area contributed by atoms with Gasteiger partial charge in [-0.2, -0.15) is 12.6 Å². The second kappa shape index (κ2) is 11.6. The van der Waals surface area contributed by atoms with Gasteiger partial charge in [0.25, 0.3) is 0 Å².